The second-order valence-electron chi connectivity index (χ2n) is 8.54. The van der Waals surface area contributed by atoms with Crippen LogP contribution in [0, 0.1) is 17.5 Å². The van der Waals surface area contributed by atoms with Gasteiger partial charge in [0.2, 0.25) is 0 Å². The summed E-state index contributed by atoms with van der Waals surface area (Å²) in [5.74, 6) is -1.32. The average Bonchev–Trinajstić information content (AvgIpc) is 2.87. The van der Waals surface area contributed by atoms with Gasteiger partial charge in [-0.25, -0.2) is 13.2 Å². The van der Waals surface area contributed by atoms with Crippen LogP contribution in [-0.2, 0) is 11.3 Å². The maximum Gasteiger partial charge on any atom is 0.165 e. The second-order valence-corrected chi connectivity index (χ2v) is 8.54. The number of rotatable bonds is 8. The third-order valence-electron chi connectivity index (χ3n) is 6.45. The van der Waals surface area contributed by atoms with Crippen molar-refractivity contribution in [3.8, 4) is 22.6 Å². The molecule has 180 valence electrons. The van der Waals surface area contributed by atoms with Crippen LogP contribution in [0.5, 0.6) is 11.5 Å². The van der Waals surface area contributed by atoms with Crippen molar-refractivity contribution in [2.24, 2.45) is 0 Å². The molecule has 1 aliphatic rings. The molecule has 0 atom stereocenters. The van der Waals surface area contributed by atoms with E-state index >= 15 is 0 Å². The molecule has 0 aliphatic heterocycles. The highest BCUT2D eigenvalue weighted by Crippen LogP contribution is 2.36. The zero-order chi connectivity index (χ0) is 24.1. The zero-order valence-electron chi connectivity index (χ0n) is 19.5. The molecule has 0 bridgehead atoms. The molecule has 3 nitrogen and oxygen atoms in total. The van der Waals surface area contributed by atoms with E-state index in [9.17, 15) is 13.2 Å². The van der Waals surface area contributed by atoms with Crippen molar-refractivity contribution >= 4 is 0 Å². The lowest BCUT2D eigenvalue weighted by Gasteiger charge is -2.28. The third-order valence-corrected chi connectivity index (χ3v) is 6.45. The van der Waals surface area contributed by atoms with Gasteiger partial charge in [-0.3, -0.25) is 0 Å². The van der Waals surface area contributed by atoms with E-state index in [-0.39, 0.29) is 29.9 Å². The van der Waals surface area contributed by atoms with Crippen LogP contribution in [0.25, 0.3) is 11.1 Å². The largest absolute Gasteiger partial charge is 0.491 e. The molecule has 34 heavy (non-hydrogen) atoms. The molecule has 1 aliphatic carbocycles. The molecular formula is C28H29F3O3. The molecule has 1 saturated carbocycles. The molecule has 6 heteroatoms. The molecule has 4 rings (SSSR count). The van der Waals surface area contributed by atoms with Crippen molar-refractivity contribution in [2.75, 3.05) is 13.7 Å². The van der Waals surface area contributed by atoms with Crippen LogP contribution >= 0.6 is 0 Å². The van der Waals surface area contributed by atoms with Crippen LogP contribution in [0.2, 0.25) is 0 Å². The van der Waals surface area contributed by atoms with Crippen LogP contribution in [-0.4, -0.2) is 19.8 Å². The summed E-state index contributed by atoms with van der Waals surface area (Å²) in [6.45, 7) is 2.11. The lowest BCUT2D eigenvalue weighted by Crippen LogP contribution is -2.20. The number of methoxy groups -OCH3 is 1. The number of ether oxygens (including phenoxy) is 3. The Morgan fingerprint density at radius 3 is 2.15 bits per heavy atom. The van der Waals surface area contributed by atoms with Gasteiger partial charge in [-0.15, -0.1) is 0 Å². The lowest BCUT2D eigenvalue weighted by molar-refractivity contribution is 0.0655. The van der Waals surface area contributed by atoms with E-state index < -0.39 is 17.5 Å². The first-order valence-electron chi connectivity index (χ1n) is 11.6. The van der Waals surface area contributed by atoms with Crippen molar-refractivity contribution < 1.29 is 27.4 Å². The summed E-state index contributed by atoms with van der Waals surface area (Å²) in [6.07, 6.45) is 3.49. The molecule has 1 fully saturated rings. The van der Waals surface area contributed by atoms with Crippen LogP contribution in [0.3, 0.4) is 0 Å². The number of benzene rings is 3. The minimum Gasteiger partial charge on any atom is -0.491 e. The Morgan fingerprint density at radius 2 is 1.50 bits per heavy atom. The Kier molecular flexibility index (Phi) is 7.78. The highest BCUT2D eigenvalue weighted by atomic mass is 19.2. The van der Waals surface area contributed by atoms with Crippen molar-refractivity contribution in [3.63, 3.8) is 0 Å². The van der Waals surface area contributed by atoms with E-state index in [1.165, 1.54) is 6.07 Å². The van der Waals surface area contributed by atoms with Gasteiger partial charge in [-0.05, 0) is 79.5 Å². The molecule has 0 heterocycles. The van der Waals surface area contributed by atoms with Crippen molar-refractivity contribution in [3.05, 3.63) is 83.2 Å². The second kappa shape index (κ2) is 11.0. The van der Waals surface area contributed by atoms with Gasteiger partial charge in [0.05, 0.1) is 12.7 Å². The Balaban J connectivity index is 1.40. The van der Waals surface area contributed by atoms with Crippen molar-refractivity contribution in [1.29, 1.82) is 0 Å². The van der Waals surface area contributed by atoms with Crippen LogP contribution in [0.1, 0.15) is 49.7 Å². The first-order valence-corrected chi connectivity index (χ1v) is 11.6. The summed E-state index contributed by atoms with van der Waals surface area (Å²) in [6, 6.07) is 15.1. The van der Waals surface area contributed by atoms with E-state index in [0.29, 0.717) is 23.5 Å². The predicted octanol–water partition coefficient (Wildman–Crippen LogP) is 7.42. The van der Waals surface area contributed by atoms with Crippen molar-refractivity contribution in [1.82, 2.24) is 0 Å². The maximum absolute atomic E-state index is 14.8. The molecule has 3 aromatic carbocycles. The smallest absolute Gasteiger partial charge is 0.165 e. The Bertz CT molecular complexity index is 1110. The fourth-order valence-electron chi connectivity index (χ4n) is 4.50. The summed E-state index contributed by atoms with van der Waals surface area (Å²) >= 11 is 0. The number of hydrogen-bond acceptors (Lipinski definition) is 3. The van der Waals surface area contributed by atoms with Gasteiger partial charge in [0.25, 0.3) is 0 Å². The first kappa shape index (κ1) is 24.1. The average molecular weight is 471 g/mol. The predicted molar refractivity (Wildman–Crippen MR) is 126 cm³/mol. The van der Waals surface area contributed by atoms with Crippen LogP contribution < -0.4 is 9.47 Å². The summed E-state index contributed by atoms with van der Waals surface area (Å²) in [5.41, 5.74) is 2.11. The van der Waals surface area contributed by atoms with Crippen LogP contribution in [0.4, 0.5) is 13.2 Å². The Labute approximate surface area is 198 Å². The molecule has 0 unspecified atom stereocenters. The third kappa shape index (κ3) is 5.39. The minimum absolute atomic E-state index is 0.0100. The summed E-state index contributed by atoms with van der Waals surface area (Å²) in [4.78, 5) is 0. The molecule has 0 spiro atoms. The first-order chi connectivity index (χ1) is 16.5. The molecule has 0 radical (unpaired) electrons. The molecule has 3 aromatic rings. The fourth-order valence-corrected chi connectivity index (χ4v) is 4.50. The maximum atomic E-state index is 14.8. The quantitative estimate of drug-likeness (QED) is 0.343. The summed E-state index contributed by atoms with van der Waals surface area (Å²) in [7, 11) is 1.69. The highest BCUT2D eigenvalue weighted by molar-refractivity contribution is 5.65. The van der Waals surface area contributed by atoms with Gasteiger partial charge in [0.15, 0.2) is 23.2 Å². The monoisotopic (exact) mass is 470 g/mol. The molecular weight excluding hydrogens is 441 g/mol. The Hall–Kier alpha value is -2.99. The zero-order valence-corrected chi connectivity index (χ0v) is 19.5. The standard InChI is InChI=1S/C28H29F3O3/c1-3-33-26-15-9-20(16-25(26)29)18-4-12-23(13-5-18)34-17-21-8-14-24(28(31)27(21)30)19-6-10-22(32-2)11-7-19/h4-5,8-9,12-16,19,22H,3,6-7,10-11,17H2,1-2H3. The number of hydrogen-bond donors (Lipinski definition) is 0. The van der Waals surface area contributed by atoms with Gasteiger partial charge in [0.1, 0.15) is 12.4 Å². The van der Waals surface area contributed by atoms with Gasteiger partial charge in [0, 0.05) is 12.7 Å². The molecule has 0 amide bonds. The topological polar surface area (TPSA) is 27.7 Å². The van der Waals surface area contributed by atoms with E-state index in [1.807, 2.05) is 0 Å². The van der Waals surface area contributed by atoms with E-state index in [2.05, 4.69) is 0 Å². The van der Waals surface area contributed by atoms with Gasteiger partial charge >= 0.3 is 0 Å². The Morgan fingerprint density at radius 1 is 0.794 bits per heavy atom. The van der Waals surface area contributed by atoms with Gasteiger partial charge in [-0.2, -0.15) is 0 Å². The molecule has 0 aromatic heterocycles. The van der Waals surface area contributed by atoms with Crippen LogP contribution in [0.15, 0.2) is 54.6 Å². The lowest BCUT2D eigenvalue weighted by atomic mass is 9.82. The minimum atomic E-state index is -0.854. The van der Waals surface area contributed by atoms with Gasteiger partial charge in [-0.1, -0.05) is 30.3 Å². The summed E-state index contributed by atoms with van der Waals surface area (Å²) < 4.78 is 60.0. The SMILES string of the molecule is CCOc1ccc(-c2ccc(OCc3ccc(C4CCC(OC)CC4)c(F)c3F)cc2)cc1F. The van der Waals surface area contributed by atoms with E-state index in [0.717, 1.165) is 31.2 Å². The fraction of sp³-hybridized carbons (Fsp3) is 0.357. The normalized spacial score (nSPS) is 18.0. The van der Waals surface area contributed by atoms with Gasteiger partial charge < -0.3 is 14.2 Å². The molecule has 0 saturated heterocycles. The van der Waals surface area contributed by atoms with E-state index in [1.54, 1.807) is 62.6 Å². The molecule has 0 N–H and O–H groups in total. The van der Waals surface area contributed by atoms with E-state index in [4.69, 9.17) is 14.2 Å². The highest BCUT2D eigenvalue weighted by Gasteiger charge is 2.26. The number of halogens is 3. The summed E-state index contributed by atoms with van der Waals surface area (Å²) in [5, 5.41) is 0. The van der Waals surface area contributed by atoms with Crippen molar-refractivity contribution in [2.45, 2.75) is 51.2 Å².